The van der Waals surface area contributed by atoms with Crippen molar-refractivity contribution in [3.63, 3.8) is 0 Å². The molecule has 1 N–H and O–H groups in total. The topological polar surface area (TPSA) is 60.4 Å². The summed E-state index contributed by atoms with van der Waals surface area (Å²) >= 11 is 0. The first kappa shape index (κ1) is 18.3. The molecule has 2 heterocycles. The van der Waals surface area contributed by atoms with Gasteiger partial charge in [-0.2, -0.15) is 0 Å². The molecule has 2 saturated heterocycles. The lowest BCUT2D eigenvalue weighted by Crippen LogP contribution is -2.55. The van der Waals surface area contributed by atoms with Gasteiger partial charge in [-0.15, -0.1) is 0 Å². The van der Waals surface area contributed by atoms with E-state index < -0.39 is 0 Å². The summed E-state index contributed by atoms with van der Waals surface area (Å²) in [5, 5.41) is 10.4. The molecular formula is C19H29NO5. The summed E-state index contributed by atoms with van der Waals surface area (Å²) < 4.78 is 22.4. The van der Waals surface area contributed by atoms with Crippen LogP contribution in [0, 0.1) is 0 Å². The third-order valence-electron chi connectivity index (χ3n) is 5.50. The molecule has 2 fully saturated rings. The molecule has 1 aromatic rings. The van der Waals surface area contributed by atoms with Gasteiger partial charge in [0.15, 0.2) is 11.5 Å². The van der Waals surface area contributed by atoms with Crippen LogP contribution in [0.15, 0.2) is 12.1 Å². The molecule has 6 nitrogen and oxygen atoms in total. The summed E-state index contributed by atoms with van der Waals surface area (Å²) in [6.07, 6.45) is 3.20. The Hall–Kier alpha value is -1.50. The van der Waals surface area contributed by atoms with Crippen molar-refractivity contribution in [2.24, 2.45) is 0 Å². The first-order valence-corrected chi connectivity index (χ1v) is 8.96. The van der Waals surface area contributed by atoms with Gasteiger partial charge in [-0.1, -0.05) is 6.07 Å². The molecular weight excluding hydrogens is 322 g/mol. The summed E-state index contributed by atoms with van der Waals surface area (Å²) in [6, 6.07) is 3.94. The molecule has 0 aromatic heterocycles. The maximum Gasteiger partial charge on any atom is 0.203 e. The molecule has 0 saturated carbocycles. The zero-order valence-corrected chi connectivity index (χ0v) is 15.4. The minimum atomic E-state index is -0.337. The highest BCUT2D eigenvalue weighted by atomic mass is 16.5. The van der Waals surface area contributed by atoms with Crippen molar-refractivity contribution in [3.8, 4) is 17.2 Å². The van der Waals surface area contributed by atoms with Gasteiger partial charge in [0.2, 0.25) is 5.75 Å². The van der Waals surface area contributed by atoms with Crippen molar-refractivity contribution < 1.29 is 24.1 Å². The SMILES string of the molecule is COc1ccc(CN2CCC3(CC2)OCCC[C@@H]3O)c(OC)c1OC. The van der Waals surface area contributed by atoms with Gasteiger partial charge >= 0.3 is 0 Å². The minimum absolute atomic E-state index is 0.334. The van der Waals surface area contributed by atoms with Crippen LogP contribution >= 0.6 is 0 Å². The molecule has 0 amide bonds. The summed E-state index contributed by atoms with van der Waals surface area (Å²) in [5.74, 6) is 2.01. The third kappa shape index (κ3) is 3.57. The fourth-order valence-electron chi connectivity index (χ4n) is 4.01. The number of methoxy groups -OCH3 is 3. The molecule has 6 heteroatoms. The van der Waals surface area contributed by atoms with Gasteiger partial charge < -0.3 is 24.1 Å². The highest BCUT2D eigenvalue weighted by Gasteiger charge is 2.43. The Morgan fingerprint density at radius 1 is 1.12 bits per heavy atom. The van der Waals surface area contributed by atoms with Crippen LogP contribution in [-0.2, 0) is 11.3 Å². The van der Waals surface area contributed by atoms with E-state index >= 15 is 0 Å². The van der Waals surface area contributed by atoms with Gasteiger partial charge in [0.25, 0.3) is 0 Å². The molecule has 0 radical (unpaired) electrons. The fourth-order valence-corrected chi connectivity index (χ4v) is 4.01. The van der Waals surface area contributed by atoms with Crippen LogP contribution < -0.4 is 14.2 Å². The van der Waals surface area contributed by atoms with E-state index in [1.165, 1.54) is 0 Å². The lowest BCUT2D eigenvalue weighted by molar-refractivity contribution is -0.177. The first-order valence-electron chi connectivity index (χ1n) is 8.96. The van der Waals surface area contributed by atoms with Crippen LogP contribution in [0.25, 0.3) is 0 Å². The van der Waals surface area contributed by atoms with E-state index in [2.05, 4.69) is 4.90 Å². The van der Waals surface area contributed by atoms with E-state index in [4.69, 9.17) is 18.9 Å². The van der Waals surface area contributed by atoms with Crippen molar-refractivity contribution in [3.05, 3.63) is 17.7 Å². The van der Waals surface area contributed by atoms with E-state index in [9.17, 15) is 5.11 Å². The Balaban J connectivity index is 1.70. The molecule has 3 rings (SSSR count). The van der Waals surface area contributed by atoms with Crippen molar-refractivity contribution in [2.45, 2.75) is 43.9 Å². The van der Waals surface area contributed by atoms with E-state index in [0.29, 0.717) is 11.5 Å². The van der Waals surface area contributed by atoms with Crippen LogP contribution in [0.5, 0.6) is 17.2 Å². The predicted octanol–water partition coefficient (Wildman–Crippen LogP) is 2.22. The molecule has 0 unspecified atom stereocenters. The maximum absolute atomic E-state index is 10.4. The molecule has 0 aliphatic carbocycles. The predicted molar refractivity (Wildman–Crippen MR) is 94.5 cm³/mol. The Kier molecular flexibility index (Phi) is 5.71. The smallest absolute Gasteiger partial charge is 0.203 e. The number of benzene rings is 1. The van der Waals surface area contributed by atoms with Crippen LogP contribution in [0.2, 0.25) is 0 Å². The zero-order valence-electron chi connectivity index (χ0n) is 15.4. The van der Waals surface area contributed by atoms with Crippen LogP contribution in [0.4, 0.5) is 0 Å². The average molecular weight is 351 g/mol. The summed E-state index contributed by atoms with van der Waals surface area (Å²) in [6.45, 7) is 3.33. The number of nitrogens with zero attached hydrogens (tertiary/aromatic N) is 1. The van der Waals surface area contributed by atoms with E-state index in [0.717, 1.165) is 63.2 Å². The Morgan fingerprint density at radius 2 is 1.84 bits per heavy atom. The zero-order chi connectivity index (χ0) is 17.9. The van der Waals surface area contributed by atoms with Crippen molar-refractivity contribution in [1.29, 1.82) is 0 Å². The number of hydrogen-bond donors (Lipinski definition) is 1. The van der Waals surface area contributed by atoms with E-state index in [1.54, 1.807) is 21.3 Å². The average Bonchev–Trinajstić information content (AvgIpc) is 2.65. The van der Waals surface area contributed by atoms with E-state index in [-0.39, 0.29) is 11.7 Å². The molecule has 140 valence electrons. The minimum Gasteiger partial charge on any atom is -0.493 e. The molecule has 25 heavy (non-hydrogen) atoms. The second-order valence-electron chi connectivity index (χ2n) is 6.84. The van der Waals surface area contributed by atoms with Crippen molar-refractivity contribution >= 4 is 0 Å². The van der Waals surface area contributed by atoms with Gasteiger partial charge in [0.1, 0.15) is 0 Å². The fraction of sp³-hybridized carbons (Fsp3) is 0.684. The van der Waals surface area contributed by atoms with Gasteiger partial charge in [0.05, 0.1) is 33.0 Å². The highest BCUT2D eigenvalue weighted by molar-refractivity contribution is 5.55. The molecule has 1 atom stereocenters. The quantitative estimate of drug-likeness (QED) is 0.878. The van der Waals surface area contributed by atoms with Crippen LogP contribution in [0.3, 0.4) is 0 Å². The lowest BCUT2D eigenvalue weighted by atomic mass is 9.82. The Morgan fingerprint density at radius 3 is 2.44 bits per heavy atom. The number of likely N-dealkylation sites (tertiary alicyclic amines) is 1. The summed E-state index contributed by atoms with van der Waals surface area (Å²) in [5.41, 5.74) is 0.734. The molecule has 1 aromatic carbocycles. The molecule has 2 aliphatic rings. The van der Waals surface area contributed by atoms with Crippen LogP contribution in [0.1, 0.15) is 31.2 Å². The monoisotopic (exact) mass is 351 g/mol. The first-order chi connectivity index (χ1) is 12.1. The molecule has 1 spiro atoms. The Bertz CT molecular complexity index is 583. The maximum atomic E-state index is 10.4. The van der Waals surface area contributed by atoms with Crippen molar-refractivity contribution in [2.75, 3.05) is 41.0 Å². The summed E-state index contributed by atoms with van der Waals surface area (Å²) in [7, 11) is 4.89. The number of rotatable bonds is 5. The highest BCUT2D eigenvalue weighted by Crippen LogP contribution is 2.41. The van der Waals surface area contributed by atoms with Gasteiger partial charge in [-0.05, 0) is 31.7 Å². The van der Waals surface area contributed by atoms with E-state index in [1.807, 2.05) is 12.1 Å². The lowest BCUT2D eigenvalue weighted by Gasteiger charge is -2.46. The third-order valence-corrected chi connectivity index (χ3v) is 5.50. The van der Waals surface area contributed by atoms with Gasteiger partial charge in [0, 0.05) is 31.8 Å². The standard InChI is InChI=1S/C19H29NO5/c1-22-15-7-6-14(17(23-2)18(15)24-3)13-20-10-8-19(9-11-20)16(21)5-4-12-25-19/h6-7,16,21H,4-5,8-13H2,1-3H3/t16-/m0/s1. The van der Waals surface area contributed by atoms with Crippen LogP contribution in [-0.4, -0.2) is 62.7 Å². The number of aliphatic hydroxyl groups excluding tert-OH is 1. The second-order valence-corrected chi connectivity index (χ2v) is 6.84. The Labute approximate surface area is 149 Å². The number of hydrogen-bond acceptors (Lipinski definition) is 6. The number of aliphatic hydroxyl groups is 1. The number of ether oxygens (including phenoxy) is 4. The van der Waals surface area contributed by atoms with Gasteiger partial charge in [-0.25, -0.2) is 0 Å². The largest absolute Gasteiger partial charge is 0.493 e. The normalized spacial score (nSPS) is 23.4. The van der Waals surface area contributed by atoms with Crippen molar-refractivity contribution in [1.82, 2.24) is 4.90 Å². The molecule has 0 bridgehead atoms. The number of piperidine rings is 1. The summed E-state index contributed by atoms with van der Waals surface area (Å²) in [4.78, 5) is 2.37. The second kappa shape index (κ2) is 7.81. The molecule has 2 aliphatic heterocycles. The van der Waals surface area contributed by atoms with Gasteiger partial charge in [-0.3, -0.25) is 4.90 Å².